The zero-order valence-corrected chi connectivity index (χ0v) is 17.9. The number of anilines is 4. The van der Waals surface area contributed by atoms with Crippen molar-refractivity contribution in [2.45, 2.75) is 9.79 Å². The molecule has 0 aliphatic carbocycles. The van der Waals surface area contributed by atoms with Gasteiger partial charge in [0.15, 0.2) is 0 Å². The second kappa shape index (κ2) is 7.53. The Morgan fingerprint density at radius 1 is 0.625 bits per heavy atom. The summed E-state index contributed by atoms with van der Waals surface area (Å²) in [5.74, 6) is 0. The van der Waals surface area contributed by atoms with E-state index in [0.29, 0.717) is 38.9 Å². The fourth-order valence-electron chi connectivity index (χ4n) is 3.43. The van der Waals surface area contributed by atoms with Crippen LogP contribution >= 0.6 is 0 Å². The molecular formula is C20H18N4O6S2. The van der Waals surface area contributed by atoms with Crippen LogP contribution in [0.1, 0.15) is 0 Å². The SMILES string of the molecule is Nc1ccc2c(S(=O)(=O)O)ccc(NNc3ccc(N)c4ccc(S(=O)(=O)O)cc34)c2c1. The molecule has 4 aromatic carbocycles. The van der Waals surface area contributed by atoms with E-state index in [4.69, 9.17) is 11.5 Å². The molecule has 0 saturated carbocycles. The fraction of sp³-hybridized carbons (Fsp3) is 0. The third-order valence-corrected chi connectivity index (χ3v) is 6.69. The molecule has 32 heavy (non-hydrogen) atoms. The molecule has 0 aliphatic heterocycles. The van der Waals surface area contributed by atoms with E-state index in [1.54, 1.807) is 18.2 Å². The number of hydrazine groups is 1. The van der Waals surface area contributed by atoms with Crippen LogP contribution in [0.4, 0.5) is 22.7 Å². The summed E-state index contributed by atoms with van der Waals surface area (Å²) >= 11 is 0. The highest BCUT2D eigenvalue weighted by atomic mass is 32.2. The first-order valence-electron chi connectivity index (χ1n) is 9.06. The minimum atomic E-state index is -4.46. The summed E-state index contributed by atoms with van der Waals surface area (Å²) in [6.07, 6.45) is 0. The van der Waals surface area contributed by atoms with Crippen LogP contribution in [0.3, 0.4) is 0 Å². The molecule has 0 aliphatic rings. The number of benzene rings is 4. The van der Waals surface area contributed by atoms with Gasteiger partial charge in [0.1, 0.15) is 4.90 Å². The highest BCUT2D eigenvalue weighted by Crippen LogP contribution is 2.33. The minimum absolute atomic E-state index is 0.254. The molecule has 0 amide bonds. The van der Waals surface area contributed by atoms with Crippen LogP contribution in [0.2, 0.25) is 0 Å². The molecule has 0 aromatic heterocycles. The lowest BCUT2D eigenvalue weighted by molar-refractivity contribution is 0.481. The Morgan fingerprint density at radius 2 is 1.22 bits per heavy atom. The van der Waals surface area contributed by atoms with Gasteiger partial charge in [-0.3, -0.25) is 9.11 Å². The van der Waals surface area contributed by atoms with Gasteiger partial charge in [0.25, 0.3) is 20.2 Å². The van der Waals surface area contributed by atoms with Crippen molar-refractivity contribution >= 4 is 64.5 Å². The van der Waals surface area contributed by atoms with E-state index in [1.165, 1.54) is 42.5 Å². The molecule has 0 spiro atoms. The van der Waals surface area contributed by atoms with Gasteiger partial charge in [-0.1, -0.05) is 12.1 Å². The Labute approximate surface area is 183 Å². The van der Waals surface area contributed by atoms with Crippen molar-refractivity contribution in [1.29, 1.82) is 0 Å². The van der Waals surface area contributed by atoms with Crippen LogP contribution in [0.25, 0.3) is 21.5 Å². The van der Waals surface area contributed by atoms with Crippen LogP contribution in [0.15, 0.2) is 70.5 Å². The van der Waals surface area contributed by atoms with Crippen molar-refractivity contribution in [2.24, 2.45) is 0 Å². The van der Waals surface area contributed by atoms with Gasteiger partial charge in [0, 0.05) is 32.9 Å². The van der Waals surface area contributed by atoms with Crippen molar-refractivity contribution in [2.75, 3.05) is 22.3 Å². The van der Waals surface area contributed by atoms with Crippen LogP contribution in [-0.2, 0) is 20.2 Å². The van der Waals surface area contributed by atoms with E-state index in [2.05, 4.69) is 10.9 Å². The highest BCUT2D eigenvalue weighted by Gasteiger charge is 2.17. The topological polar surface area (TPSA) is 185 Å². The van der Waals surface area contributed by atoms with Crippen LogP contribution in [0.5, 0.6) is 0 Å². The summed E-state index contributed by atoms with van der Waals surface area (Å²) in [6.45, 7) is 0. The molecule has 0 unspecified atom stereocenters. The highest BCUT2D eigenvalue weighted by molar-refractivity contribution is 7.86. The molecular weight excluding hydrogens is 456 g/mol. The Bertz CT molecular complexity index is 1600. The van der Waals surface area contributed by atoms with E-state index in [-0.39, 0.29) is 15.2 Å². The number of rotatable bonds is 5. The second-order valence-corrected chi connectivity index (χ2v) is 9.84. The van der Waals surface area contributed by atoms with E-state index >= 15 is 0 Å². The summed E-state index contributed by atoms with van der Waals surface area (Å²) in [6, 6.07) is 14.5. The quantitative estimate of drug-likeness (QED) is 0.143. The molecule has 0 heterocycles. The van der Waals surface area contributed by atoms with Gasteiger partial charge < -0.3 is 22.3 Å². The molecule has 166 valence electrons. The third kappa shape index (κ3) is 3.99. The van der Waals surface area contributed by atoms with Gasteiger partial charge in [-0.25, -0.2) is 0 Å². The van der Waals surface area contributed by atoms with E-state index in [0.717, 1.165) is 0 Å². The molecule has 0 radical (unpaired) electrons. The van der Waals surface area contributed by atoms with Crippen molar-refractivity contribution in [3.8, 4) is 0 Å². The van der Waals surface area contributed by atoms with Crippen LogP contribution < -0.4 is 22.3 Å². The molecule has 12 heteroatoms. The minimum Gasteiger partial charge on any atom is -0.399 e. The molecule has 4 aromatic rings. The van der Waals surface area contributed by atoms with Crippen LogP contribution in [-0.4, -0.2) is 25.9 Å². The van der Waals surface area contributed by atoms with E-state index in [9.17, 15) is 25.9 Å². The number of nitrogen functional groups attached to an aromatic ring is 2. The van der Waals surface area contributed by atoms with Crippen LogP contribution in [0, 0.1) is 0 Å². The first kappa shape index (κ1) is 21.6. The molecule has 0 saturated heterocycles. The number of hydrogen-bond donors (Lipinski definition) is 6. The lowest BCUT2D eigenvalue weighted by Gasteiger charge is -2.16. The van der Waals surface area contributed by atoms with Gasteiger partial charge in [-0.15, -0.1) is 0 Å². The summed E-state index contributed by atoms with van der Waals surface area (Å²) in [4.78, 5) is -0.567. The van der Waals surface area contributed by atoms with E-state index < -0.39 is 20.2 Å². The summed E-state index contributed by atoms with van der Waals surface area (Å²) in [5, 5.41) is 1.65. The summed E-state index contributed by atoms with van der Waals surface area (Å²) in [5.41, 5.74) is 19.4. The molecule has 0 bridgehead atoms. The average Bonchev–Trinajstić information content (AvgIpc) is 2.71. The predicted octanol–water partition coefficient (Wildman–Crippen LogP) is 3.09. The number of nitrogens with one attached hydrogen (secondary N) is 2. The normalized spacial score (nSPS) is 12.2. The Balaban J connectivity index is 1.81. The smallest absolute Gasteiger partial charge is 0.295 e. The number of nitrogens with two attached hydrogens (primary N) is 2. The first-order chi connectivity index (χ1) is 14.9. The average molecular weight is 475 g/mol. The Kier molecular flexibility index (Phi) is 5.09. The zero-order valence-electron chi connectivity index (χ0n) is 16.3. The molecule has 8 N–H and O–H groups in total. The molecule has 0 fully saturated rings. The number of fused-ring (bicyclic) bond motifs is 2. The third-order valence-electron chi connectivity index (χ3n) is 4.93. The van der Waals surface area contributed by atoms with Crippen molar-refractivity contribution < 1.29 is 25.9 Å². The van der Waals surface area contributed by atoms with Crippen molar-refractivity contribution in [1.82, 2.24) is 0 Å². The van der Waals surface area contributed by atoms with Gasteiger partial charge in [0.2, 0.25) is 0 Å². The lowest BCUT2D eigenvalue weighted by Crippen LogP contribution is -2.11. The van der Waals surface area contributed by atoms with Gasteiger partial charge in [0.05, 0.1) is 16.3 Å². The maximum atomic E-state index is 11.7. The molecule has 0 atom stereocenters. The zero-order chi connectivity index (χ0) is 23.3. The Hall–Kier alpha value is -3.58. The predicted molar refractivity (Wildman–Crippen MR) is 124 cm³/mol. The van der Waals surface area contributed by atoms with Crippen molar-refractivity contribution in [3.05, 3.63) is 60.7 Å². The van der Waals surface area contributed by atoms with Gasteiger partial charge >= 0.3 is 0 Å². The van der Waals surface area contributed by atoms with Gasteiger partial charge in [-0.2, -0.15) is 16.8 Å². The maximum Gasteiger partial charge on any atom is 0.295 e. The largest absolute Gasteiger partial charge is 0.399 e. The summed E-state index contributed by atoms with van der Waals surface area (Å²) < 4.78 is 65.4. The number of hydrogen-bond acceptors (Lipinski definition) is 8. The molecule has 10 nitrogen and oxygen atoms in total. The first-order valence-corrected chi connectivity index (χ1v) is 11.9. The van der Waals surface area contributed by atoms with E-state index in [1.807, 2.05) is 0 Å². The monoisotopic (exact) mass is 474 g/mol. The second-order valence-electron chi connectivity index (χ2n) is 7.03. The molecule has 4 rings (SSSR count). The van der Waals surface area contributed by atoms with Gasteiger partial charge in [-0.05, 0) is 48.5 Å². The lowest BCUT2D eigenvalue weighted by atomic mass is 10.1. The summed E-state index contributed by atoms with van der Waals surface area (Å²) in [7, 11) is -8.89. The van der Waals surface area contributed by atoms with Crippen molar-refractivity contribution in [3.63, 3.8) is 0 Å². The fourth-order valence-corrected chi connectivity index (χ4v) is 4.63. The maximum absolute atomic E-state index is 11.7. The standard InChI is InChI=1S/C20H18N4O6S2/c21-11-1-3-14-15(9-11)19(7-8-20(14)32(28,29)30)24-23-18-6-5-17(22)13-4-2-12(10-16(13)18)31(25,26)27/h1-10,23-24H,21-22H2,(H,25,26,27)(H,28,29,30). The Morgan fingerprint density at radius 3 is 1.84 bits per heavy atom.